The SMILES string of the molecule is CC.CC1OC(=O)C2C[C@H]3CCCC[C@H]3C(/C=C/c3ccc(-c4cccc(F)c4)cn3)C12.O=CO. The Morgan fingerprint density at radius 1 is 1.11 bits per heavy atom. The van der Waals surface area contributed by atoms with Crippen LogP contribution in [0.2, 0.25) is 0 Å². The molecular weight excluding hydrogens is 445 g/mol. The van der Waals surface area contributed by atoms with Crippen LogP contribution in [0.15, 0.2) is 48.7 Å². The van der Waals surface area contributed by atoms with Crippen LogP contribution in [-0.2, 0) is 14.3 Å². The number of allylic oxidation sites excluding steroid dienone is 1. The molecule has 0 spiro atoms. The Kier molecular flexibility index (Phi) is 9.58. The van der Waals surface area contributed by atoms with Crippen molar-refractivity contribution in [3.63, 3.8) is 0 Å². The number of benzene rings is 1. The van der Waals surface area contributed by atoms with Gasteiger partial charge in [-0.25, -0.2) is 4.39 Å². The maximum Gasteiger partial charge on any atom is 0.309 e. The summed E-state index contributed by atoms with van der Waals surface area (Å²) in [7, 11) is 0. The van der Waals surface area contributed by atoms with Crippen molar-refractivity contribution in [1.29, 1.82) is 0 Å². The normalized spacial score (nSPS) is 29.0. The number of hydrogen-bond acceptors (Lipinski definition) is 4. The number of cyclic esters (lactones) is 1. The van der Waals surface area contributed by atoms with E-state index in [2.05, 4.69) is 24.1 Å². The van der Waals surface area contributed by atoms with E-state index in [4.69, 9.17) is 14.6 Å². The molecule has 0 amide bonds. The molecule has 2 aromatic rings. The third-order valence-corrected chi connectivity index (χ3v) is 7.51. The average molecular weight is 482 g/mol. The van der Waals surface area contributed by atoms with Crippen molar-refractivity contribution in [2.75, 3.05) is 0 Å². The van der Waals surface area contributed by atoms with Gasteiger partial charge in [0, 0.05) is 17.7 Å². The number of carbonyl (C=O) groups is 2. The van der Waals surface area contributed by atoms with Crippen LogP contribution in [0.25, 0.3) is 17.2 Å². The second-order valence-electron chi connectivity index (χ2n) is 9.29. The number of hydrogen-bond donors (Lipinski definition) is 1. The lowest BCUT2D eigenvalue weighted by atomic mass is 9.57. The van der Waals surface area contributed by atoms with E-state index < -0.39 is 0 Å². The Balaban J connectivity index is 0.000000638. The van der Waals surface area contributed by atoms with Crippen LogP contribution in [0.4, 0.5) is 4.39 Å². The van der Waals surface area contributed by atoms with Gasteiger partial charge in [-0.3, -0.25) is 14.6 Å². The standard InChI is InChI=1S/C26H28FNO2.C2H6.CH2O2/c1-16-25-23(22-8-3-2-5-18(22)14-24(25)26(29)30-16)12-11-21-10-9-19(15-28-21)17-6-4-7-20(27)13-17;1-2;2-1-3/h4,6-7,9-13,15-16,18,22-25H,2-3,5,8,14H2,1H3;1-2H3;1H,(H,2,3)/b12-11+;;/t16?,18-,22-,23?,24?,25?;;/m1../s1. The van der Waals surface area contributed by atoms with Gasteiger partial charge in [0.1, 0.15) is 11.9 Å². The molecule has 2 aliphatic carbocycles. The van der Waals surface area contributed by atoms with Crippen molar-refractivity contribution >= 4 is 18.5 Å². The molecule has 1 aromatic carbocycles. The molecule has 1 aromatic heterocycles. The van der Waals surface area contributed by atoms with Gasteiger partial charge in [0.05, 0.1) is 11.6 Å². The summed E-state index contributed by atoms with van der Waals surface area (Å²) in [5.74, 6) is 1.73. The number of aromatic nitrogens is 1. The van der Waals surface area contributed by atoms with E-state index in [1.54, 1.807) is 12.3 Å². The summed E-state index contributed by atoms with van der Waals surface area (Å²) in [6, 6.07) is 10.5. The van der Waals surface area contributed by atoms with Gasteiger partial charge in [-0.2, -0.15) is 0 Å². The molecule has 5 nitrogen and oxygen atoms in total. The van der Waals surface area contributed by atoms with Crippen molar-refractivity contribution in [2.45, 2.75) is 59.0 Å². The lowest BCUT2D eigenvalue weighted by Gasteiger charge is -2.45. The first kappa shape index (κ1) is 26.6. The highest BCUT2D eigenvalue weighted by molar-refractivity contribution is 5.75. The minimum absolute atomic E-state index is 0.00694. The summed E-state index contributed by atoms with van der Waals surface area (Å²) in [6.07, 6.45) is 12.2. The van der Waals surface area contributed by atoms with Gasteiger partial charge in [0.15, 0.2) is 0 Å². The predicted molar refractivity (Wildman–Crippen MR) is 135 cm³/mol. The number of nitrogens with zero attached hydrogens (tertiary/aromatic N) is 1. The number of carbonyl (C=O) groups excluding carboxylic acids is 1. The maximum absolute atomic E-state index is 13.5. The van der Waals surface area contributed by atoms with Gasteiger partial charge >= 0.3 is 5.97 Å². The van der Waals surface area contributed by atoms with E-state index in [1.165, 1.54) is 37.8 Å². The van der Waals surface area contributed by atoms with Gasteiger partial charge in [-0.15, -0.1) is 0 Å². The monoisotopic (exact) mass is 481 g/mol. The van der Waals surface area contributed by atoms with E-state index in [0.29, 0.717) is 17.8 Å². The third kappa shape index (κ3) is 6.16. The summed E-state index contributed by atoms with van der Waals surface area (Å²) in [4.78, 5) is 25.4. The highest BCUT2D eigenvalue weighted by atomic mass is 19.1. The van der Waals surface area contributed by atoms with E-state index in [-0.39, 0.29) is 36.2 Å². The highest BCUT2D eigenvalue weighted by Crippen LogP contribution is 2.53. The van der Waals surface area contributed by atoms with Crippen LogP contribution in [-0.4, -0.2) is 28.6 Å². The molecule has 4 unspecified atom stereocenters. The second-order valence-corrected chi connectivity index (χ2v) is 9.29. The zero-order valence-corrected chi connectivity index (χ0v) is 20.8. The molecule has 0 bridgehead atoms. The summed E-state index contributed by atoms with van der Waals surface area (Å²) < 4.78 is 19.1. The maximum atomic E-state index is 13.5. The Labute approximate surface area is 207 Å². The lowest BCUT2D eigenvalue weighted by Crippen LogP contribution is -2.42. The van der Waals surface area contributed by atoms with Crippen molar-refractivity contribution in [1.82, 2.24) is 4.98 Å². The summed E-state index contributed by atoms with van der Waals surface area (Å²) in [5, 5.41) is 6.89. The minimum Gasteiger partial charge on any atom is -0.483 e. The fourth-order valence-electron chi connectivity index (χ4n) is 6.14. The van der Waals surface area contributed by atoms with E-state index in [9.17, 15) is 9.18 Å². The van der Waals surface area contributed by atoms with Crippen LogP contribution in [0, 0.1) is 35.4 Å². The number of rotatable bonds is 3. The molecule has 6 heteroatoms. The fourth-order valence-corrected chi connectivity index (χ4v) is 6.14. The van der Waals surface area contributed by atoms with Crippen LogP contribution in [0.5, 0.6) is 0 Å². The van der Waals surface area contributed by atoms with Crippen molar-refractivity contribution in [2.24, 2.45) is 29.6 Å². The first-order valence-corrected chi connectivity index (χ1v) is 12.7. The molecular formula is C29H36FNO4. The lowest BCUT2D eigenvalue weighted by molar-refractivity contribution is -0.144. The molecule has 6 atom stereocenters. The van der Waals surface area contributed by atoms with Gasteiger partial charge in [-0.05, 0) is 67.4 Å². The smallest absolute Gasteiger partial charge is 0.309 e. The molecule has 1 saturated heterocycles. The van der Waals surface area contributed by atoms with Gasteiger partial charge in [0.2, 0.25) is 0 Å². The Bertz CT molecular complexity index is 1010. The molecule has 35 heavy (non-hydrogen) atoms. The van der Waals surface area contributed by atoms with E-state index in [0.717, 1.165) is 23.2 Å². The first-order chi connectivity index (χ1) is 17.0. The number of pyridine rings is 1. The largest absolute Gasteiger partial charge is 0.483 e. The van der Waals surface area contributed by atoms with Crippen LogP contribution in [0.1, 0.15) is 58.6 Å². The minimum atomic E-state index is -0.250. The van der Waals surface area contributed by atoms with Crippen LogP contribution < -0.4 is 0 Å². The molecule has 1 N–H and O–H groups in total. The Morgan fingerprint density at radius 3 is 2.54 bits per heavy atom. The fraction of sp³-hybridized carbons (Fsp3) is 0.483. The molecule has 188 valence electrons. The summed E-state index contributed by atoms with van der Waals surface area (Å²) >= 11 is 0. The molecule has 1 aliphatic heterocycles. The van der Waals surface area contributed by atoms with Crippen LogP contribution in [0.3, 0.4) is 0 Å². The third-order valence-electron chi connectivity index (χ3n) is 7.51. The van der Waals surface area contributed by atoms with Crippen molar-refractivity contribution in [3.8, 4) is 11.1 Å². The molecule has 5 rings (SSSR count). The van der Waals surface area contributed by atoms with Gasteiger partial charge in [-0.1, -0.05) is 57.4 Å². The van der Waals surface area contributed by atoms with Crippen molar-refractivity contribution in [3.05, 3.63) is 60.2 Å². The summed E-state index contributed by atoms with van der Waals surface area (Å²) in [6.45, 7) is 5.80. The van der Waals surface area contributed by atoms with Crippen LogP contribution >= 0.6 is 0 Å². The number of fused-ring (bicyclic) bond motifs is 2. The number of esters is 1. The highest BCUT2D eigenvalue weighted by Gasteiger charge is 2.53. The predicted octanol–water partition coefficient (Wildman–Crippen LogP) is 6.63. The Hall–Kier alpha value is -3.02. The van der Waals surface area contributed by atoms with E-state index >= 15 is 0 Å². The van der Waals surface area contributed by atoms with Gasteiger partial charge in [0.25, 0.3) is 6.47 Å². The average Bonchev–Trinajstić information content (AvgIpc) is 3.16. The zero-order valence-electron chi connectivity index (χ0n) is 20.8. The summed E-state index contributed by atoms with van der Waals surface area (Å²) in [5.41, 5.74) is 2.62. The first-order valence-electron chi connectivity index (χ1n) is 12.7. The molecule has 2 heterocycles. The quantitative estimate of drug-likeness (QED) is 0.393. The molecule has 0 radical (unpaired) electrons. The number of carboxylic acid groups (broad SMARTS) is 1. The van der Waals surface area contributed by atoms with Gasteiger partial charge < -0.3 is 9.84 Å². The molecule has 3 fully saturated rings. The zero-order chi connectivity index (χ0) is 25.4. The second kappa shape index (κ2) is 12.6. The topological polar surface area (TPSA) is 76.5 Å². The number of ether oxygens (including phenoxy) is 1. The number of halogens is 1. The van der Waals surface area contributed by atoms with E-state index in [1.807, 2.05) is 32.0 Å². The molecule has 3 aliphatic rings. The Morgan fingerprint density at radius 2 is 1.86 bits per heavy atom. The molecule has 2 saturated carbocycles. The van der Waals surface area contributed by atoms with Crippen molar-refractivity contribution < 1.29 is 23.8 Å².